The van der Waals surface area contributed by atoms with Gasteiger partial charge in [0, 0.05) is 0 Å². The summed E-state index contributed by atoms with van der Waals surface area (Å²) in [6, 6.07) is 0. The molecular weight excluding hydrogens is 672 g/mol. The number of alkyl halides is 2. The van der Waals surface area contributed by atoms with Crippen LogP contribution in [0.25, 0.3) is 22.3 Å². The van der Waals surface area contributed by atoms with Gasteiger partial charge in [0.05, 0.1) is 0 Å². The summed E-state index contributed by atoms with van der Waals surface area (Å²) < 4.78 is 67.3. The van der Waals surface area contributed by atoms with E-state index in [9.17, 15) is 19.5 Å². The number of nitrogens with two attached hydrogens (primary N) is 2. The van der Waals surface area contributed by atoms with Crippen LogP contribution < -0.4 is 17.0 Å². The van der Waals surface area contributed by atoms with Crippen LogP contribution in [0.15, 0.2) is 23.8 Å². The molecule has 3 aliphatic heterocycles. The molecule has 7 heterocycles. The third-order valence-electron chi connectivity index (χ3n) is 7.37. The number of H-pyrrole nitrogens is 1. The second-order valence-electron chi connectivity index (χ2n) is 10.3. The number of aromatic nitrogens is 8. The van der Waals surface area contributed by atoms with E-state index in [0.717, 1.165) is 17.2 Å². The van der Waals surface area contributed by atoms with Crippen molar-refractivity contribution in [1.29, 1.82) is 0 Å². The van der Waals surface area contributed by atoms with Gasteiger partial charge in [0.1, 0.15) is 0 Å². The Morgan fingerprint density at radius 1 is 0.889 bits per heavy atom. The second-order valence-corrected chi connectivity index (χ2v) is 15.2. The molecule has 20 nitrogen and oxygen atoms in total. The Hall–Kier alpha value is -2.79. The minimum absolute atomic E-state index is 0.0270. The van der Waals surface area contributed by atoms with E-state index in [1.807, 2.05) is 0 Å². The quantitative estimate of drug-likeness (QED) is 0.0991. The van der Waals surface area contributed by atoms with E-state index in [1.54, 1.807) is 0 Å². The zero-order valence-electron chi connectivity index (χ0n) is 22.5. The topological polar surface area (TPSA) is 275 Å². The number of aromatic amines is 1. The Labute approximate surface area is 255 Å². The van der Waals surface area contributed by atoms with Crippen LogP contribution >= 0.6 is 27.6 Å². The van der Waals surface area contributed by atoms with Gasteiger partial charge in [0.25, 0.3) is 0 Å². The monoisotopic (exact) mass is 698 g/mol. The molecule has 0 amide bonds. The molecule has 0 spiro atoms. The Morgan fingerprint density at radius 2 is 1.58 bits per heavy atom. The van der Waals surface area contributed by atoms with Crippen LogP contribution in [0.1, 0.15) is 12.5 Å². The second kappa shape index (κ2) is 11.2. The molecule has 0 aromatic carbocycles. The van der Waals surface area contributed by atoms with Gasteiger partial charge < -0.3 is 0 Å². The van der Waals surface area contributed by atoms with Gasteiger partial charge in [-0.15, -0.1) is 0 Å². The number of nitrogens with zero attached hydrogens (tertiary/aromatic N) is 7. The molecule has 45 heavy (non-hydrogen) atoms. The first-order valence-electron chi connectivity index (χ1n) is 13.1. The molecule has 3 fully saturated rings. The number of nitrogens with one attached hydrogen (secondary N) is 1. The van der Waals surface area contributed by atoms with E-state index in [1.165, 1.54) is 10.9 Å². The first-order chi connectivity index (χ1) is 21.3. The van der Waals surface area contributed by atoms with E-state index in [-0.39, 0.29) is 34.1 Å². The molecule has 8 atom stereocenters. The Morgan fingerprint density at radius 3 is 2.36 bits per heavy atom. The van der Waals surface area contributed by atoms with Gasteiger partial charge in [-0.05, 0) is 0 Å². The average Bonchev–Trinajstić information content (AvgIpc) is 3.72. The predicted octanol–water partition coefficient (Wildman–Crippen LogP) is -0.861. The number of fused-ring (bicyclic) bond motifs is 5. The van der Waals surface area contributed by atoms with E-state index < -0.39 is 83.3 Å². The van der Waals surface area contributed by atoms with Crippen molar-refractivity contribution in [3.05, 3.63) is 29.3 Å². The summed E-state index contributed by atoms with van der Waals surface area (Å²) in [6.45, 7) is -1.50. The molecule has 3 aliphatic rings. The van der Waals surface area contributed by atoms with Crippen molar-refractivity contribution in [2.75, 3.05) is 24.7 Å². The summed E-state index contributed by atoms with van der Waals surface area (Å²) in [7, 11) is -9.86. The van der Waals surface area contributed by atoms with Crippen molar-refractivity contribution in [1.82, 2.24) is 39.0 Å². The molecule has 4 aromatic heterocycles. The van der Waals surface area contributed by atoms with Gasteiger partial charge in [-0.3, -0.25) is 0 Å². The van der Waals surface area contributed by atoms with Gasteiger partial charge in [0.15, 0.2) is 0 Å². The standard InChI is InChI=1S/C20H26F2N10O10P2S/c21-8-6-1-37-43(34,35)41-12-7(40-18(9(12)22)31-4-27-10-14(23)25-3-26-15(10)31)2-38-44(36,45)42-13(8)19(39-6)32-5-28-11-16(32)29-20(24)30-17(11)33/h3-9,12-13,18-19,34-36,43-45H,1-2H2,(H2,23,25,26)(H3,24,29,30,33)/t6-,7?,8-,9-,12-,13?,18-,19-/m1/s1. The zero-order chi connectivity index (χ0) is 31.8. The maximum absolute atomic E-state index is 15.9. The summed E-state index contributed by atoms with van der Waals surface area (Å²) >= 11 is 4.11. The SMILES string of the molecule is Nc1nc2c(ncn2[C@@H]2O[C@@H]3CO[PH](O)(O)O[C@@H]4C(CO[PH](O)(S)OC2[C@@H]3F)O[C@@H](n2cnc3c(N)ncnc32)[C@@H]4F)c(=O)[nH]1. The fourth-order valence-electron chi connectivity index (χ4n) is 5.36. The predicted molar refractivity (Wildman–Crippen MR) is 154 cm³/mol. The van der Waals surface area contributed by atoms with Crippen LogP contribution in [0.3, 0.4) is 0 Å². The van der Waals surface area contributed by atoms with Crippen LogP contribution in [-0.2, 0) is 27.6 Å². The fourth-order valence-corrected chi connectivity index (χ4v) is 8.09. The summed E-state index contributed by atoms with van der Waals surface area (Å²) in [4.78, 5) is 67.0. The summed E-state index contributed by atoms with van der Waals surface area (Å²) in [5, 5.41) is 0. The molecular formula is C20H26F2N10O10P2S. The van der Waals surface area contributed by atoms with Crippen molar-refractivity contribution in [2.24, 2.45) is 0 Å². The van der Waals surface area contributed by atoms with Crippen LogP contribution in [0.2, 0.25) is 0 Å². The maximum atomic E-state index is 15.9. The Kier molecular flexibility index (Phi) is 7.66. The molecule has 246 valence electrons. The molecule has 0 aliphatic carbocycles. The van der Waals surface area contributed by atoms with Crippen LogP contribution in [0, 0.1) is 0 Å². The number of imidazole rings is 2. The normalized spacial score (nSPS) is 34.9. The van der Waals surface area contributed by atoms with E-state index in [4.69, 9.17) is 39.0 Å². The van der Waals surface area contributed by atoms with Gasteiger partial charge in [-0.1, -0.05) is 0 Å². The molecule has 4 aromatic rings. The number of thiol groups is 1. The summed E-state index contributed by atoms with van der Waals surface area (Å²) in [5.74, 6) is -0.241. The average molecular weight is 698 g/mol. The van der Waals surface area contributed by atoms with Gasteiger partial charge in [-0.25, -0.2) is 0 Å². The first kappa shape index (κ1) is 30.8. The van der Waals surface area contributed by atoms with E-state index in [2.05, 4.69) is 42.2 Å². The summed E-state index contributed by atoms with van der Waals surface area (Å²) in [6.07, 6.45) is -10.1. The third-order valence-corrected chi connectivity index (χ3v) is 10.3. The number of nitrogen functional groups attached to an aromatic ring is 2. The van der Waals surface area contributed by atoms with Crippen LogP contribution in [-0.4, -0.2) is 104 Å². The van der Waals surface area contributed by atoms with Crippen molar-refractivity contribution < 1.29 is 51.0 Å². The Bertz CT molecular complexity index is 1820. The molecule has 3 saturated heterocycles. The van der Waals surface area contributed by atoms with Crippen molar-refractivity contribution in [3.8, 4) is 0 Å². The van der Waals surface area contributed by atoms with E-state index >= 15 is 8.78 Å². The molecule has 8 N–H and O–H groups in total. The molecule has 25 heteroatoms. The first-order valence-corrected chi connectivity index (χ1v) is 17.9. The Balaban J connectivity index is 1.20. The molecule has 7 rings (SSSR count). The van der Waals surface area contributed by atoms with Gasteiger partial charge >= 0.3 is 255 Å². The van der Waals surface area contributed by atoms with Crippen molar-refractivity contribution in [2.45, 2.75) is 49.2 Å². The zero-order valence-corrected chi connectivity index (χ0v) is 25.3. The number of hydrogen-bond donors (Lipinski definition) is 7. The van der Waals surface area contributed by atoms with Crippen molar-refractivity contribution >= 4 is 61.7 Å². The summed E-state index contributed by atoms with van der Waals surface area (Å²) in [5.41, 5.74) is 10.8. The number of hydrogen-bond acceptors (Lipinski definition) is 18. The fraction of sp³-hybridized carbons (Fsp3) is 0.500. The van der Waals surface area contributed by atoms with Gasteiger partial charge in [0.2, 0.25) is 0 Å². The molecule has 2 bridgehead atoms. The van der Waals surface area contributed by atoms with Crippen LogP contribution in [0.5, 0.6) is 0 Å². The number of ether oxygens (including phenoxy) is 2. The number of halogens is 2. The molecule has 0 radical (unpaired) electrons. The molecule has 0 saturated carbocycles. The number of rotatable bonds is 2. The minimum atomic E-state index is -5.24. The van der Waals surface area contributed by atoms with Crippen LogP contribution in [0.4, 0.5) is 20.5 Å². The van der Waals surface area contributed by atoms with Gasteiger partial charge in [-0.2, -0.15) is 0 Å². The third kappa shape index (κ3) is 5.51. The molecule has 2 unspecified atom stereocenters. The van der Waals surface area contributed by atoms with E-state index in [0.29, 0.717) is 0 Å². The van der Waals surface area contributed by atoms with Crippen molar-refractivity contribution in [3.63, 3.8) is 0 Å². The number of anilines is 2.